The van der Waals surface area contributed by atoms with Gasteiger partial charge in [0, 0.05) is 28.1 Å². The Morgan fingerprint density at radius 3 is 2.63 bits per heavy atom. The van der Waals surface area contributed by atoms with Gasteiger partial charge in [0.15, 0.2) is 0 Å². The fourth-order valence-electron chi connectivity index (χ4n) is 1.73. The minimum absolute atomic E-state index is 0.126. The lowest BCUT2D eigenvalue weighted by molar-refractivity contribution is 0.0963. The number of aryl methyl sites for hydroxylation is 1. The second-order valence-corrected chi connectivity index (χ2v) is 5.37. The molecule has 0 aliphatic carbocycles. The van der Waals surface area contributed by atoms with Gasteiger partial charge in [-0.05, 0) is 37.3 Å². The second-order valence-electron chi connectivity index (χ2n) is 4.25. The Morgan fingerprint density at radius 1 is 1.21 bits per heavy atom. The molecule has 3 N–H and O–H groups in total. The van der Waals surface area contributed by atoms with E-state index in [9.17, 15) is 4.79 Å². The molecule has 2 aromatic rings. The van der Waals surface area contributed by atoms with E-state index in [1.807, 2.05) is 18.2 Å². The molecular weight excluding hydrogens is 256 g/mol. The van der Waals surface area contributed by atoms with Crippen LogP contribution in [0.2, 0.25) is 0 Å². The summed E-state index contributed by atoms with van der Waals surface area (Å²) in [5, 5.41) is 2.58. The minimum Gasteiger partial charge on any atom is -0.398 e. The second kappa shape index (κ2) is 5.80. The number of anilines is 1. The predicted octanol–water partition coefficient (Wildman–Crippen LogP) is 3.09. The first-order chi connectivity index (χ1) is 9.10. The molecule has 0 radical (unpaired) electrons. The maximum Gasteiger partial charge on any atom is 0.251 e. The predicted molar refractivity (Wildman–Crippen MR) is 79.5 cm³/mol. The highest BCUT2D eigenvalue weighted by Gasteiger charge is 2.07. The summed E-state index contributed by atoms with van der Waals surface area (Å²) < 4.78 is 0. The topological polar surface area (TPSA) is 55.1 Å². The average Bonchev–Trinajstić information content (AvgIpc) is 2.40. The average molecular weight is 272 g/mol. The Labute approximate surface area is 117 Å². The van der Waals surface area contributed by atoms with Gasteiger partial charge in [0.25, 0.3) is 5.91 Å². The maximum atomic E-state index is 11.5. The molecule has 4 heteroatoms. The molecule has 3 nitrogen and oxygen atoms in total. The monoisotopic (exact) mass is 272 g/mol. The van der Waals surface area contributed by atoms with Gasteiger partial charge >= 0.3 is 0 Å². The zero-order valence-corrected chi connectivity index (χ0v) is 11.8. The molecule has 0 aliphatic rings. The first-order valence-electron chi connectivity index (χ1n) is 5.96. The highest BCUT2D eigenvalue weighted by molar-refractivity contribution is 7.99. The fraction of sp³-hybridized carbons (Fsp3) is 0.133. The van der Waals surface area contributed by atoms with E-state index in [1.54, 1.807) is 30.9 Å². The van der Waals surface area contributed by atoms with Crippen LogP contribution in [-0.2, 0) is 0 Å². The van der Waals surface area contributed by atoms with E-state index in [2.05, 4.69) is 24.4 Å². The summed E-state index contributed by atoms with van der Waals surface area (Å²) in [7, 11) is 1.61. The highest BCUT2D eigenvalue weighted by Crippen LogP contribution is 2.32. The zero-order valence-electron chi connectivity index (χ0n) is 10.9. The Kier molecular flexibility index (Phi) is 4.12. The highest BCUT2D eigenvalue weighted by atomic mass is 32.2. The van der Waals surface area contributed by atoms with Crippen molar-refractivity contribution >= 4 is 23.4 Å². The summed E-state index contributed by atoms with van der Waals surface area (Å²) in [4.78, 5) is 13.6. The van der Waals surface area contributed by atoms with E-state index in [0.29, 0.717) is 11.3 Å². The Balaban J connectivity index is 2.24. The van der Waals surface area contributed by atoms with Crippen LogP contribution in [0.25, 0.3) is 0 Å². The van der Waals surface area contributed by atoms with Crippen LogP contribution in [0.3, 0.4) is 0 Å². The third-order valence-corrected chi connectivity index (χ3v) is 3.80. The summed E-state index contributed by atoms with van der Waals surface area (Å²) in [6.07, 6.45) is 0. The van der Waals surface area contributed by atoms with Crippen molar-refractivity contribution in [3.8, 4) is 0 Å². The number of nitrogen functional groups attached to an aromatic ring is 1. The van der Waals surface area contributed by atoms with Crippen LogP contribution in [-0.4, -0.2) is 13.0 Å². The molecule has 0 aliphatic heterocycles. The van der Waals surface area contributed by atoms with Crippen molar-refractivity contribution < 1.29 is 4.79 Å². The van der Waals surface area contributed by atoms with Crippen molar-refractivity contribution in [3.05, 3.63) is 53.6 Å². The number of amides is 1. The standard InChI is InChI=1S/C15H16N2OS/c1-10-4-3-5-12(8-10)19-14-7-6-11(9-13(14)16)15(18)17-2/h3-9H,16H2,1-2H3,(H,17,18). The molecular formula is C15H16N2OS. The van der Waals surface area contributed by atoms with Crippen molar-refractivity contribution in [1.29, 1.82) is 0 Å². The van der Waals surface area contributed by atoms with E-state index < -0.39 is 0 Å². The Morgan fingerprint density at radius 2 is 2.00 bits per heavy atom. The van der Waals surface area contributed by atoms with Crippen molar-refractivity contribution in [2.45, 2.75) is 16.7 Å². The quantitative estimate of drug-likeness (QED) is 0.844. The SMILES string of the molecule is CNC(=O)c1ccc(Sc2cccc(C)c2)c(N)c1. The van der Waals surface area contributed by atoms with Crippen LogP contribution >= 0.6 is 11.8 Å². The van der Waals surface area contributed by atoms with E-state index >= 15 is 0 Å². The Bertz CT molecular complexity index is 611. The summed E-state index contributed by atoms with van der Waals surface area (Å²) in [6.45, 7) is 2.06. The summed E-state index contributed by atoms with van der Waals surface area (Å²) in [5.74, 6) is -0.126. The van der Waals surface area contributed by atoms with E-state index in [1.165, 1.54) is 5.56 Å². The lowest BCUT2D eigenvalue weighted by Crippen LogP contribution is -2.17. The van der Waals surface area contributed by atoms with Gasteiger partial charge in [-0.1, -0.05) is 29.5 Å². The van der Waals surface area contributed by atoms with Gasteiger partial charge in [-0.3, -0.25) is 4.79 Å². The summed E-state index contributed by atoms with van der Waals surface area (Å²) >= 11 is 1.60. The van der Waals surface area contributed by atoms with Crippen LogP contribution in [0.1, 0.15) is 15.9 Å². The maximum absolute atomic E-state index is 11.5. The third kappa shape index (κ3) is 3.29. The van der Waals surface area contributed by atoms with Gasteiger partial charge < -0.3 is 11.1 Å². The molecule has 2 aromatic carbocycles. The molecule has 0 bridgehead atoms. The van der Waals surface area contributed by atoms with Gasteiger partial charge in [0.05, 0.1) is 0 Å². The molecule has 0 saturated heterocycles. The number of nitrogens with one attached hydrogen (secondary N) is 1. The van der Waals surface area contributed by atoms with E-state index in [4.69, 9.17) is 5.73 Å². The Hall–Kier alpha value is -1.94. The van der Waals surface area contributed by atoms with Gasteiger partial charge in [-0.2, -0.15) is 0 Å². The van der Waals surface area contributed by atoms with Crippen molar-refractivity contribution in [2.75, 3.05) is 12.8 Å². The number of benzene rings is 2. The first kappa shape index (κ1) is 13.5. The normalized spacial score (nSPS) is 10.2. The molecule has 0 aromatic heterocycles. The lowest BCUT2D eigenvalue weighted by atomic mass is 10.2. The van der Waals surface area contributed by atoms with Gasteiger partial charge in [0.1, 0.15) is 0 Å². The van der Waals surface area contributed by atoms with Crippen molar-refractivity contribution in [1.82, 2.24) is 5.32 Å². The number of hydrogen-bond donors (Lipinski definition) is 2. The van der Waals surface area contributed by atoms with Gasteiger partial charge in [0.2, 0.25) is 0 Å². The summed E-state index contributed by atoms with van der Waals surface area (Å²) in [6, 6.07) is 13.6. The number of hydrogen-bond acceptors (Lipinski definition) is 3. The molecule has 0 atom stereocenters. The number of carbonyl (C=O) groups is 1. The molecule has 2 rings (SSSR count). The zero-order chi connectivity index (χ0) is 13.8. The van der Waals surface area contributed by atoms with Crippen LogP contribution in [0.5, 0.6) is 0 Å². The molecule has 98 valence electrons. The summed E-state index contributed by atoms with van der Waals surface area (Å²) in [5.41, 5.74) is 8.41. The van der Waals surface area contributed by atoms with E-state index in [0.717, 1.165) is 9.79 Å². The molecule has 0 spiro atoms. The molecule has 19 heavy (non-hydrogen) atoms. The van der Waals surface area contributed by atoms with Crippen molar-refractivity contribution in [3.63, 3.8) is 0 Å². The van der Waals surface area contributed by atoms with Crippen LogP contribution in [0, 0.1) is 6.92 Å². The van der Waals surface area contributed by atoms with Crippen molar-refractivity contribution in [2.24, 2.45) is 0 Å². The largest absolute Gasteiger partial charge is 0.398 e. The first-order valence-corrected chi connectivity index (χ1v) is 6.78. The number of carbonyl (C=O) groups excluding carboxylic acids is 1. The lowest BCUT2D eigenvalue weighted by Gasteiger charge is -2.08. The van der Waals surface area contributed by atoms with Crippen LogP contribution in [0.4, 0.5) is 5.69 Å². The van der Waals surface area contributed by atoms with Gasteiger partial charge in [-0.15, -0.1) is 0 Å². The molecule has 1 amide bonds. The molecule has 0 saturated carbocycles. The fourth-order valence-corrected chi connectivity index (χ4v) is 2.69. The molecule has 0 unspecified atom stereocenters. The smallest absolute Gasteiger partial charge is 0.251 e. The molecule has 0 fully saturated rings. The van der Waals surface area contributed by atoms with E-state index in [-0.39, 0.29) is 5.91 Å². The van der Waals surface area contributed by atoms with Crippen LogP contribution < -0.4 is 11.1 Å². The molecule has 0 heterocycles. The number of rotatable bonds is 3. The van der Waals surface area contributed by atoms with Crippen LogP contribution in [0.15, 0.2) is 52.3 Å². The minimum atomic E-state index is -0.126. The third-order valence-electron chi connectivity index (χ3n) is 2.72. The number of nitrogens with two attached hydrogens (primary N) is 1. The van der Waals surface area contributed by atoms with Gasteiger partial charge in [-0.25, -0.2) is 0 Å².